The van der Waals surface area contributed by atoms with Crippen LogP contribution in [0.3, 0.4) is 0 Å². The van der Waals surface area contributed by atoms with Gasteiger partial charge in [0, 0.05) is 28.1 Å². The fraction of sp³-hybridized carbons (Fsp3) is 0.250. The van der Waals surface area contributed by atoms with Crippen molar-refractivity contribution >= 4 is 21.7 Å². The monoisotopic (exact) mass is 474 g/mol. The number of aryl methyl sites for hydroxylation is 1. The van der Waals surface area contributed by atoms with Crippen molar-refractivity contribution in [3.8, 4) is 28.4 Å². The molecule has 0 aliphatic carbocycles. The molecule has 8 heteroatoms. The van der Waals surface area contributed by atoms with Crippen LogP contribution in [0.15, 0.2) is 59.5 Å². The first kappa shape index (κ1) is 22.5. The fourth-order valence-electron chi connectivity index (χ4n) is 3.64. The largest absolute Gasteiger partial charge is 0.497 e. The summed E-state index contributed by atoms with van der Waals surface area (Å²) in [6.45, 7) is 1.78. The molecule has 168 valence electrons. The van der Waals surface area contributed by atoms with Crippen LogP contribution in [0, 0.1) is 6.92 Å². The minimum absolute atomic E-state index is 0.112. The lowest BCUT2D eigenvalue weighted by Crippen LogP contribution is -2.23. The minimum Gasteiger partial charge on any atom is -0.497 e. The van der Waals surface area contributed by atoms with Gasteiger partial charge in [0.05, 0.1) is 19.1 Å². The molecule has 32 heavy (non-hydrogen) atoms. The van der Waals surface area contributed by atoms with Crippen molar-refractivity contribution in [2.45, 2.75) is 24.3 Å². The van der Waals surface area contributed by atoms with Crippen molar-refractivity contribution in [2.24, 2.45) is 0 Å². The summed E-state index contributed by atoms with van der Waals surface area (Å²) in [5.41, 5.74) is 3.37. The Balaban J connectivity index is 1.60. The molecule has 0 spiro atoms. The lowest BCUT2D eigenvalue weighted by Gasteiger charge is -2.16. The van der Waals surface area contributed by atoms with Gasteiger partial charge in [0.15, 0.2) is 0 Å². The van der Waals surface area contributed by atoms with Crippen molar-refractivity contribution < 1.29 is 26.8 Å². The van der Waals surface area contributed by atoms with Crippen LogP contribution in [-0.2, 0) is 20.7 Å². The molecule has 0 saturated carbocycles. The first-order chi connectivity index (χ1) is 15.3. The number of fused-ring (bicyclic) bond motifs is 1. The summed E-state index contributed by atoms with van der Waals surface area (Å²) < 4.78 is 47.5. The Morgan fingerprint density at radius 3 is 2.44 bits per heavy atom. The third kappa shape index (κ3) is 4.55. The third-order valence-electron chi connectivity index (χ3n) is 5.28. The Morgan fingerprint density at radius 2 is 1.75 bits per heavy atom. The molecular weight excluding hydrogens is 452 g/mol. The van der Waals surface area contributed by atoms with Gasteiger partial charge in [0.2, 0.25) is 0 Å². The molecule has 1 aliphatic rings. The summed E-state index contributed by atoms with van der Waals surface area (Å²) in [7, 11) is -0.713. The predicted octanol–water partition coefficient (Wildman–Crippen LogP) is 5.04. The van der Waals surface area contributed by atoms with Gasteiger partial charge in [0.25, 0.3) is 10.1 Å². The molecule has 3 aromatic carbocycles. The second-order valence-electron chi connectivity index (χ2n) is 7.50. The Morgan fingerprint density at radius 1 is 1.00 bits per heavy atom. The minimum atomic E-state index is -3.89. The summed E-state index contributed by atoms with van der Waals surface area (Å²) in [5.74, 6) is 1.92. The highest BCUT2D eigenvalue weighted by Gasteiger charge is 2.30. The Hall–Kier alpha value is -2.74. The topological polar surface area (TPSA) is 71.1 Å². The standard InChI is InChI=1S/C24H23ClO6S/c1-15-4-7-20(8-5-15)32(26,27)30-14-19-11-16-10-18(28-2)13-22(24(16)31-19)21-12-17(25)6-9-23(21)29-3/h4-10,12-13,19H,11,14H2,1-3H3. The maximum Gasteiger partial charge on any atom is 0.297 e. The number of rotatable bonds is 7. The molecule has 6 nitrogen and oxygen atoms in total. The molecule has 1 heterocycles. The Bertz CT molecular complexity index is 1240. The number of halogens is 1. The van der Waals surface area contributed by atoms with Crippen LogP contribution < -0.4 is 14.2 Å². The second kappa shape index (κ2) is 9.02. The SMILES string of the molecule is COc1cc2c(c(-c3cc(Cl)ccc3OC)c1)OC(COS(=O)(=O)c1ccc(C)cc1)C2. The lowest BCUT2D eigenvalue weighted by molar-refractivity contribution is 0.152. The summed E-state index contributed by atoms with van der Waals surface area (Å²) in [6.07, 6.45) is 0.00695. The fourth-order valence-corrected chi connectivity index (χ4v) is 4.75. The quantitative estimate of drug-likeness (QED) is 0.447. The van der Waals surface area contributed by atoms with Crippen LogP contribution in [0.2, 0.25) is 5.02 Å². The number of benzene rings is 3. The van der Waals surface area contributed by atoms with Gasteiger partial charge in [-0.3, -0.25) is 4.18 Å². The molecule has 0 aromatic heterocycles. The molecule has 0 radical (unpaired) electrons. The molecular formula is C24H23ClO6S. The van der Waals surface area contributed by atoms with E-state index < -0.39 is 16.2 Å². The molecule has 1 aliphatic heterocycles. The van der Waals surface area contributed by atoms with Crippen molar-refractivity contribution in [1.82, 2.24) is 0 Å². The van der Waals surface area contributed by atoms with Gasteiger partial charge in [-0.25, -0.2) is 0 Å². The summed E-state index contributed by atoms with van der Waals surface area (Å²) in [4.78, 5) is 0.115. The summed E-state index contributed by atoms with van der Waals surface area (Å²) >= 11 is 6.23. The highest BCUT2D eigenvalue weighted by molar-refractivity contribution is 7.86. The molecule has 0 bridgehead atoms. The highest BCUT2D eigenvalue weighted by Crippen LogP contribution is 2.45. The van der Waals surface area contributed by atoms with Crippen LogP contribution in [-0.4, -0.2) is 35.3 Å². The zero-order valence-electron chi connectivity index (χ0n) is 17.9. The average molecular weight is 475 g/mol. The van der Waals surface area contributed by atoms with Crippen LogP contribution >= 0.6 is 11.6 Å². The van der Waals surface area contributed by atoms with Crippen LogP contribution in [0.4, 0.5) is 0 Å². The van der Waals surface area contributed by atoms with E-state index in [0.717, 1.165) is 22.3 Å². The zero-order valence-corrected chi connectivity index (χ0v) is 19.5. The van der Waals surface area contributed by atoms with Gasteiger partial charge in [-0.1, -0.05) is 29.3 Å². The summed E-state index contributed by atoms with van der Waals surface area (Å²) in [5, 5.41) is 0.555. The van der Waals surface area contributed by atoms with Gasteiger partial charge in [-0.15, -0.1) is 0 Å². The molecule has 4 rings (SSSR count). The van der Waals surface area contributed by atoms with Crippen molar-refractivity contribution in [3.63, 3.8) is 0 Å². The third-order valence-corrected chi connectivity index (χ3v) is 6.81. The van der Waals surface area contributed by atoms with E-state index in [1.165, 1.54) is 12.1 Å². The van der Waals surface area contributed by atoms with E-state index in [9.17, 15) is 8.42 Å². The van der Waals surface area contributed by atoms with Crippen molar-refractivity contribution in [2.75, 3.05) is 20.8 Å². The predicted molar refractivity (Wildman–Crippen MR) is 122 cm³/mol. The van der Waals surface area contributed by atoms with E-state index in [-0.39, 0.29) is 11.5 Å². The molecule has 0 saturated heterocycles. The lowest BCUT2D eigenvalue weighted by atomic mass is 9.99. The maximum absolute atomic E-state index is 12.6. The van der Waals surface area contributed by atoms with Crippen molar-refractivity contribution in [3.05, 3.63) is 70.7 Å². The normalized spacial score (nSPS) is 15.2. The van der Waals surface area contributed by atoms with E-state index in [0.29, 0.717) is 28.7 Å². The van der Waals surface area contributed by atoms with E-state index in [4.69, 9.17) is 30.0 Å². The molecule has 0 fully saturated rings. The number of methoxy groups -OCH3 is 2. The van der Waals surface area contributed by atoms with Crippen molar-refractivity contribution in [1.29, 1.82) is 0 Å². The summed E-state index contributed by atoms with van der Waals surface area (Å²) in [6, 6.07) is 15.6. The maximum atomic E-state index is 12.6. The molecule has 3 aromatic rings. The highest BCUT2D eigenvalue weighted by atomic mass is 35.5. The van der Waals surface area contributed by atoms with Crippen LogP contribution in [0.5, 0.6) is 17.2 Å². The molecule has 1 atom stereocenters. The Labute approximate surface area is 192 Å². The van der Waals surface area contributed by atoms with Crippen LogP contribution in [0.1, 0.15) is 11.1 Å². The van der Waals surface area contributed by atoms with Gasteiger partial charge in [-0.2, -0.15) is 8.42 Å². The van der Waals surface area contributed by atoms with E-state index >= 15 is 0 Å². The average Bonchev–Trinajstić information content (AvgIpc) is 3.20. The number of hydrogen-bond donors (Lipinski definition) is 0. The van der Waals surface area contributed by atoms with Gasteiger partial charge >= 0.3 is 0 Å². The second-order valence-corrected chi connectivity index (χ2v) is 9.56. The van der Waals surface area contributed by atoms with Crippen LogP contribution in [0.25, 0.3) is 11.1 Å². The first-order valence-electron chi connectivity index (χ1n) is 9.98. The molecule has 1 unspecified atom stereocenters. The zero-order chi connectivity index (χ0) is 22.9. The molecule has 0 N–H and O–H groups in total. The van der Waals surface area contributed by atoms with Gasteiger partial charge < -0.3 is 14.2 Å². The smallest absolute Gasteiger partial charge is 0.297 e. The number of ether oxygens (including phenoxy) is 3. The van der Waals surface area contributed by atoms with Gasteiger partial charge in [-0.05, 0) is 49.4 Å². The van der Waals surface area contributed by atoms with E-state index in [2.05, 4.69) is 0 Å². The Kier molecular flexibility index (Phi) is 6.33. The first-order valence-corrected chi connectivity index (χ1v) is 11.8. The van der Waals surface area contributed by atoms with E-state index in [1.807, 2.05) is 19.1 Å². The number of hydrogen-bond acceptors (Lipinski definition) is 6. The van der Waals surface area contributed by atoms with E-state index in [1.54, 1.807) is 44.6 Å². The van der Waals surface area contributed by atoms with Gasteiger partial charge in [0.1, 0.15) is 30.0 Å². The molecule has 0 amide bonds.